The second-order valence-corrected chi connectivity index (χ2v) is 8.24. The summed E-state index contributed by atoms with van der Waals surface area (Å²) in [6.45, 7) is -0.250. The second kappa shape index (κ2) is 9.27. The molecule has 178 valence electrons. The summed E-state index contributed by atoms with van der Waals surface area (Å²) in [5.74, 6) is 2.50. The fraction of sp³-hybridized carbons (Fsp3) is 0.296. The van der Waals surface area contributed by atoms with Crippen LogP contribution < -0.4 is 18.9 Å². The lowest BCUT2D eigenvalue weighted by atomic mass is 9.71. The first kappa shape index (κ1) is 23.4. The Kier molecular flexibility index (Phi) is 6.39. The highest BCUT2D eigenvalue weighted by atomic mass is 16.5. The van der Waals surface area contributed by atoms with E-state index < -0.39 is 11.2 Å². The number of carbonyl (C=O) groups is 1. The van der Waals surface area contributed by atoms with Crippen molar-refractivity contribution >= 4 is 6.47 Å². The molecule has 0 spiro atoms. The molecule has 3 atom stereocenters. The fourth-order valence-electron chi connectivity index (χ4n) is 5.43. The van der Waals surface area contributed by atoms with Gasteiger partial charge in [0.2, 0.25) is 0 Å². The molecule has 0 bridgehead atoms. The Hall–Kier alpha value is -3.71. The number of hydrogen-bond acceptors (Lipinski definition) is 6. The Labute approximate surface area is 198 Å². The Balaban J connectivity index is 0.000000868. The first-order chi connectivity index (χ1) is 16.5. The third-order valence-electron chi connectivity index (χ3n) is 6.80. The maximum atomic E-state index is 12.3. The number of carboxylic acid groups (broad SMARTS) is 1. The molecule has 0 aromatic heterocycles. The number of aliphatic hydroxyl groups is 1. The number of fused-ring (bicyclic) bond motifs is 3. The van der Waals surface area contributed by atoms with Gasteiger partial charge in [-0.3, -0.25) is 4.79 Å². The summed E-state index contributed by atoms with van der Waals surface area (Å²) >= 11 is 0. The van der Waals surface area contributed by atoms with Gasteiger partial charge in [0.05, 0.1) is 26.9 Å². The number of benzene rings is 3. The van der Waals surface area contributed by atoms with Gasteiger partial charge in [0.15, 0.2) is 5.60 Å². The minimum absolute atomic E-state index is 0.0461. The summed E-state index contributed by atoms with van der Waals surface area (Å²) in [5.41, 5.74) is 0.467. The van der Waals surface area contributed by atoms with Gasteiger partial charge < -0.3 is 29.2 Å². The molecule has 1 heterocycles. The SMILES string of the molecule is COc1ccc(C23Oc4cc(OC)cc(OC)c4C2(O)CCC3c2ccccc2)cc1.O=CO. The van der Waals surface area contributed by atoms with E-state index in [0.717, 1.165) is 23.3 Å². The number of hydrogen-bond donors (Lipinski definition) is 2. The van der Waals surface area contributed by atoms with Crippen LogP contribution in [0.3, 0.4) is 0 Å². The molecule has 5 rings (SSSR count). The summed E-state index contributed by atoms with van der Waals surface area (Å²) in [6, 6.07) is 21.7. The van der Waals surface area contributed by atoms with E-state index in [4.69, 9.17) is 28.8 Å². The number of methoxy groups -OCH3 is 3. The fourth-order valence-corrected chi connectivity index (χ4v) is 5.43. The third kappa shape index (κ3) is 3.44. The summed E-state index contributed by atoms with van der Waals surface area (Å²) in [7, 11) is 4.86. The summed E-state index contributed by atoms with van der Waals surface area (Å²) in [6.07, 6.45) is 1.33. The van der Waals surface area contributed by atoms with Gasteiger partial charge in [0.25, 0.3) is 6.47 Å². The van der Waals surface area contributed by atoms with Crippen molar-refractivity contribution in [3.05, 3.63) is 83.4 Å². The molecule has 0 saturated heterocycles. The molecule has 2 aliphatic rings. The standard InChI is InChI=1S/C26H26O5.CH2O2/c1-28-19-11-9-18(10-12-19)26-21(17-7-5-4-6-8-17)13-14-25(26,27)24-22(30-3)15-20(29-2)16-23(24)31-26;2-1-3/h4-12,15-16,21,27H,13-14H2,1-3H3;1H,(H,2,3). The van der Waals surface area contributed by atoms with Gasteiger partial charge in [-0.1, -0.05) is 42.5 Å². The topological polar surface area (TPSA) is 94.5 Å². The normalized spacial score (nSPS) is 24.1. The monoisotopic (exact) mass is 464 g/mol. The molecular formula is C27H28O7. The van der Waals surface area contributed by atoms with E-state index in [2.05, 4.69) is 12.1 Å². The largest absolute Gasteiger partial charge is 0.497 e. The average molecular weight is 465 g/mol. The first-order valence-electron chi connectivity index (χ1n) is 10.9. The van der Waals surface area contributed by atoms with Gasteiger partial charge in [-0.25, -0.2) is 0 Å². The van der Waals surface area contributed by atoms with Crippen LogP contribution in [0, 0.1) is 0 Å². The van der Waals surface area contributed by atoms with E-state index in [0.29, 0.717) is 29.2 Å². The van der Waals surface area contributed by atoms with Crippen molar-refractivity contribution < 1.29 is 34.0 Å². The van der Waals surface area contributed by atoms with Crippen LogP contribution >= 0.6 is 0 Å². The van der Waals surface area contributed by atoms with Crippen molar-refractivity contribution in [1.82, 2.24) is 0 Å². The van der Waals surface area contributed by atoms with Gasteiger partial charge >= 0.3 is 0 Å². The lowest BCUT2D eigenvalue weighted by molar-refractivity contribution is -0.122. The quantitative estimate of drug-likeness (QED) is 0.538. The van der Waals surface area contributed by atoms with Gasteiger partial charge in [-0.15, -0.1) is 0 Å². The molecule has 7 nitrogen and oxygen atoms in total. The van der Waals surface area contributed by atoms with Crippen LogP contribution in [0.1, 0.15) is 35.4 Å². The zero-order chi connectivity index (χ0) is 24.3. The Morgan fingerprint density at radius 2 is 1.59 bits per heavy atom. The average Bonchev–Trinajstić information content (AvgIpc) is 3.31. The van der Waals surface area contributed by atoms with Gasteiger partial charge in [-0.2, -0.15) is 0 Å². The van der Waals surface area contributed by atoms with Crippen molar-refractivity contribution in [2.45, 2.75) is 30.0 Å². The number of ether oxygens (including phenoxy) is 4. The smallest absolute Gasteiger partial charge is 0.290 e. The zero-order valence-corrected chi connectivity index (χ0v) is 19.4. The second-order valence-electron chi connectivity index (χ2n) is 8.24. The first-order valence-corrected chi connectivity index (χ1v) is 10.9. The van der Waals surface area contributed by atoms with Gasteiger partial charge in [0, 0.05) is 18.1 Å². The highest BCUT2D eigenvalue weighted by Crippen LogP contribution is 2.68. The molecule has 1 aliphatic heterocycles. The molecular weight excluding hydrogens is 436 g/mol. The molecule has 3 aromatic carbocycles. The van der Waals surface area contributed by atoms with E-state index in [1.807, 2.05) is 48.5 Å². The molecule has 0 radical (unpaired) electrons. The zero-order valence-electron chi connectivity index (χ0n) is 19.4. The number of rotatable bonds is 5. The lowest BCUT2D eigenvalue weighted by Gasteiger charge is -2.40. The lowest BCUT2D eigenvalue weighted by Crippen LogP contribution is -2.48. The van der Waals surface area contributed by atoms with Crippen molar-refractivity contribution in [1.29, 1.82) is 0 Å². The predicted octanol–water partition coefficient (Wildman–Crippen LogP) is 4.47. The molecule has 1 saturated carbocycles. The minimum Gasteiger partial charge on any atom is -0.497 e. The van der Waals surface area contributed by atoms with E-state index in [9.17, 15) is 5.11 Å². The van der Waals surface area contributed by atoms with Crippen LogP contribution in [0.4, 0.5) is 0 Å². The molecule has 1 fully saturated rings. The Morgan fingerprint density at radius 3 is 2.18 bits per heavy atom. The molecule has 3 aromatic rings. The van der Waals surface area contributed by atoms with Crippen LogP contribution in [0.25, 0.3) is 0 Å². The van der Waals surface area contributed by atoms with Crippen molar-refractivity contribution in [3.8, 4) is 23.0 Å². The predicted molar refractivity (Wildman–Crippen MR) is 126 cm³/mol. The third-order valence-corrected chi connectivity index (χ3v) is 6.80. The maximum absolute atomic E-state index is 12.3. The van der Waals surface area contributed by atoms with Gasteiger partial charge in [0.1, 0.15) is 28.6 Å². The molecule has 1 aliphatic carbocycles. The maximum Gasteiger partial charge on any atom is 0.290 e. The van der Waals surface area contributed by atoms with Crippen LogP contribution in [-0.4, -0.2) is 38.0 Å². The molecule has 0 amide bonds. The molecule has 34 heavy (non-hydrogen) atoms. The molecule has 3 unspecified atom stereocenters. The highest BCUT2D eigenvalue weighted by molar-refractivity contribution is 5.61. The highest BCUT2D eigenvalue weighted by Gasteiger charge is 2.69. The van der Waals surface area contributed by atoms with E-state index >= 15 is 0 Å². The summed E-state index contributed by atoms with van der Waals surface area (Å²) < 4.78 is 23.3. The summed E-state index contributed by atoms with van der Waals surface area (Å²) in [4.78, 5) is 8.36. The van der Waals surface area contributed by atoms with Crippen LogP contribution in [0.15, 0.2) is 66.7 Å². The van der Waals surface area contributed by atoms with Crippen LogP contribution in [0.2, 0.25) is 0 Å². The summed E-state index contributed by atoms with van der Waals surface area (Å²) in [5, 5.41) is 19.2. The van der Waals surface area contributed by atoms with Gasteiger partial charge in [-0.05, 0) is 36.1 Å². The van der Waals surface area contributed by atoms with E-state index in [-0.39, 0.29) is 12.4 Å². The molecule has 7 heteroatoms. The Morgan fingerprint density at radius 1 is 0.941 bits per heavy atom. The Bertz CT molecular complexity index is 1150. The van der Waals surface area contributed by atoms with Crippen molar-refractivity contribution in [2.24, 2.45) is 0 Å². The van der Waals surface area contributed by atoms with Crippen molar-refractivity contribution in [2.75, 3.05) is 21.3 Å². The van der Waals surface area contributed by atoms with Crippen molar-refractivity contribution in [3.63, 3.8) is 0 Å². The van der Waals surface area contributed by atoms with E-state index in [1.165, 1.54) is 0 Å². The molecule has 2 N–H and O–H groups in total. The van der Waals surface area contributed by atoms with Crippen LogP contribution in [-0.2, 0) is 16.0 Å². The van der Waals surface area contributed by atoms with Crippen LogP contribution in [0.5, 0.6) is 23.0 Å². The van der Waals surface area contributed by atoms with E-state index in [1.54, 1.807) is 27.4 Å². The minimum atomic E-state index is -1.25.